The minimum atomic E-state index is -0.453. The first-order chi connectivity index (χ1) is 10.9. The van der Waals surface area contributed by atoms with Crippen molar-refractivity contribution in [1.82, 2.24) is 9.27 Å². The number of amides is 1. The summed E-state index contributed by atoms with van der Waals surface area (Å²) < 4.78 is 16.8. The van der Waals surface area contributed by atoms with Crippen LogP contribution >= 0.6 is 11.5 Å². The molecule has 0 bridgehead atoms. The molecule has 0 radical (unpaired) electrons. The maximum atomic E-state index is 12.1. The number of carbonyl (C=O) groups is 1. The molecule has 6 heteroatoms. The van der Waals surface area contributed by atoms with Gasteiger partial charge in [0.25, 0.3) is 0 Å². The highest BCUT2D eigenvalue weighted by Gasteiger charge is 2.30. The third-order valence-corrected chi connectivity index (χ3v) is 4.55. The second kappa shape index (κ2) is 6.35. The normalized spacial score (nSPS) is 18.4. The van der Waals surface area contributed by atoms with E-state index >= 15 is 0 Å². The van der Waals surface area contributed by atoms with Gasteiger partial charge in [0.2, 0.25) is 5.88 Å². The molecule has 1 aromatic heterocycles. The van der Waals surface area contributed by atoms with Gasteiger partial charge in [-0.1, -0.05) is 12.1 Å². The number of likely N-dealkylation sites (tertiary alicyclic amines) is 1. The maximum Gasteiger partial charge on any atom is 0.410 e. The molecule has 1 amide bonds. The Hall–Kier alpha value is -1.82. The van der Waals surface area contributed by atoms with Crippen LogP contribution < -0.4 is 4.74 Å². The number of rotatable bonds is 3. The molecule has 2 aromatic rings. The van der Waals surface area contributed by atoms with Crippen molar-refractivity contribution in [3.8, 4) is 5.88 Å². The highest BCUT2D eigenvalue weighted by Crippen LogP contribution is 2.29. The molecule has 3 rings (SSSR count). The molecule has 23 heavy (non-hydrogen) atoms. The van der Waals surface area contributed by atoms with Crippen molar-refractivity contribution in [2.45, 2.75) is 32.8 Å². The summed E-state index contributed by atoms with van der Waals surface area (Å²) in [6.07, 6.45) is 0.695. The number of hydrogen-bond donors (Lipinski definition) is 0. The smallest absolute Gasteiger partial charge is 0.410 e. The molecule has 1 aliphatic rings. The Labute approximate surface area is 140 Å². The summed E-state index contributed by atoms with van der Waals surface area (Å²) in [6.45, 7) is 7.63. The molecular formula is C17H22N2O3S. The highest BCUT2D eigenvalue weighted by molar-refractivity contribution is 7.13. The quantitative estimate of drug-likeness (QED) is 0.853. The van der Waals surface area contributed by atoms with Crippen LogP contribution in [0.4, 0.5) is 4.79 Å². The SMILES string of the molecule is CC(C)(C)OC(=O)N1CC[C@@H](COc2nsc3ccccc23)C1. The largest absolute Gasteiger partial charge is 0.476 e. The Kier molecular flexibility index (Phi) is 4.43. The Balaban J connectivity index is 1.53. The monoisotopic (exact) mass is 334 g/mol. The molecular weight excluding hydrogens is 312 g/mol. The molecule has 124 valence electrons. The van der Waals surface area contributed by atoms with Crippen molar-refractivity contribution < 1.29 is 14.3 Å². The Bertz CT molecular complexity index is 692. The summed E-state index contributed by atoms with van der Waals surface area (Å²) in [5.74, 6) is 1.02. The van der Waals surface area contributed by atoms with Crippen molar-refractivity contribution in [2.75, 3.05) is 19.7 Å². The van der Waals surface area contributed by atoms with Gasteiger partial charge in [-0.2, -0.15) is 4.37 Å². The van der Waals surface area contributed by atoms with E-state index in [1.165, 1.54) is 11.5 Å². The zero-order valence-corrected chi connectivity index (χ0v) is 14.6. The summed E-state index contributed by atoms with van der Waals surface area (Å²) in [6, 6.07) is 8.05. The van der Waals surface area contributed by atoms with Gasteiger partial charge in [0.1, 0.15) is 5.60 Å². The van der Waals surface area contributed by atoms with Gasteiger partial charge in [0.05, 0.1) is 16.7 Å². The Morgan fingerprint density at radius 1 is 1.39 bits per heavy atom. The fourth-order valence-electron chi connectivity index (χ4n) is 2.62. The van der Waals surface area contributed by atoms with Crippen LogP contribution in [-0.4, -0.2) is 40.7 Å². The minimum absolute atomic E-state index is 0.237. The van der Waals surface area contributed by atoms with Gasteiger partial charge in [-0.25, -0.2) is 4.79 Å². The summed E-state index contributed by atoms with van der Waals surface area (Å²) in [4.78, 5) is 13.8. The van der Waals surface area contributed by atoms with E-state index in [1.807, 2.05) is 45.0 Å². The minimum Gasteiger partial charge on any atom is -0.476 e. The summed E-state index contributed by atoms with van der Waals surface area (Å²) in [5.41, 5.74) is -0.453. The summed E-state index contributed by atoms with van der Waals surface area (Å²) in [7, 11) is 0. The van der Waals surface area contributed by atoms with Crippen LogP contribution in [0.3, 0.4) is 0 Å². The first-order valence-corrected chi connectivity index (χ1v) is 8.65. The standard InChI is InChI=1S/C17H22N2O3S/c1-17(2,3)22-16(20)19-9-8-12(10-19)11-21-15-13-6-4-5-7-14(13)23-18-15/h4-7,12H,8-11H2,1-3H3/t12-/m1/s1. The van der Waals surface area contributed by atoms with Crippen LogP contribution in [0.15, 0.2) is 24.3 Å². The van der Waals surface area contributed by atoms with Crippen LogP contribution in [-0.2, 0) is 4.74 Å². The van der Waals surface area contributed by atoms with Crippen LogP contribution in [0.5, 0.6) is 5.88 Å². The highest BCUT2D eigenvalue weighted by atomic mass is 32.1. The molecule has 1 aromatic carbocycles. The van der Waals surface area contributed by atoms with Gasteiger partial charge >= 0.3 is 6.09 Å². The zero-order valence-electron chi connectivity index (χ0n) is 13.7. The van der Waals surface area contributed by atoms with E-state index in [0.29, 0.717) is 24.9 Å². The third kappa shape index (κ3) is 3.93. The molecule has 2 heterocycles. The van der Waals surface area contributed by atoms with Crippen LogP contribution in [0, 0.1) is 5.92 Å². The van der Waals surface area contributed by atoms with Crippen LogP contribution in [0.1, 0.15) is 27.2 Å². The van der Waals surface area contributed by atoms with Crippen LogP contribution in [0.2, 0.25) is 0 Å². The number of benzene rings is 1. The lowest BCUT2D eigenvalue weighted by Gasteiger charge is -2.24. The molecule has 0 N–H and O–H groups in total. The van der Waals surface area contributed by atoms with E-state index < -0.39 is 5.60 Å². The molecule has 0 spiro atoms. The molecule has 0 unspecified atom stereocenters. The van der Waals surface area contributed by atoms with Crippen molar-refractivity contribution in [3.05, 3.63) is 24.3 Å². The number of ether oxygens (including phenoxy) is 2. The summed E-state index contributed by atoms with van der Waals surface area (Å²) in [5, 5.41) is 1.06. The fourth-order valence-corrected chi connectivity index (χ4v) is 3.35. The fraction of sp³-hybridized carbons (Fsp3) is 0.529. The number of nitrogens with zero attached hydrogens (tertiary/aromatic N) is 2. The van der Waals surface area contributed by atoms with E-state index in [2.05, 4.69) is 4.37 Å². The predicted molar refractivity (Wildman–Crippen MR) is 91.0 cm³/mol. The predicted octanol–water partition coefficient (Wildman–Crippen LogP) is 3.93. The van der Waals surface area contributed by atoms with Crippen LogP contribution in [0.25, 0.3) is 10.1 Å². The summed E-state index contributed by atoms with van der Waals surface area (Å²) >= 11 is 1.45. The van der Waals surface area contributed by atoms with Crippen molar-refractivity contribution in [2.24, 2.45) is 5.92 Å². The third-order valence-electron chi connectivity index (χ3n) is 3.74. The van der Waals surface area contributed by atoms with E-state index in [0.717, 1.165) is 23.1 Å². The van der Waals surface area contributed by atoms with Crippen molar-refractivity contribution in [3.63, 3.8) is 0 Å². The van der Waals surface area contributed by atoms with Gasteiger partial charge in [-0.3, -0.25) is 0 Å². The van der Waals surface area contributed by atoms with Gasteiger partial charge in [0.15, 0.2) is 0 Å². The molecule has 0 aliphatic carbocycles. The molecule has 1 saturated heterocycles. The molecule has 1 aliphatic heterocycles. The lowest BCUT2D eigenvalue weighted by atomic mass is 10.1. The maximum absolute atomic E-state index is 12.1. The van der Waals surface area contributed by atoms with Gasteiger partial charge in [0, 0.05) is 19.0 Å². The first kappa shape index (κ1) is 16.1. The molecule has 1 atom stereocenters. The van der Waals surface area contributed by atoms with Crippen molar-refractivity contribution >= 4 is 27.7 Å². The van der Waals surface area contributed by atoms with E-state index in [9.17, 15) is 4.79 Å². The molecule has 1 fully saturated rings. The first-order valence-electron chi connectivity index (χ1n) is 7.87. The lowest BCUT2D eigenvalue weighted by Crippen LogP contribution is -2.35. The van der Waals surface area contributed by atoms with Gasteiger partial charge in [-0.05, 0) is 50.9 Å². The second-order valence-electron chi connectivity index (χ2n) is 6.88. The lowest BCUT2D eigenvalue weighted by molar-refractivity contribution is 0.0284. The molecule has 5 nitrogen and oxygen atoms in total. The number of aromatic nitrogens is 1. The Morgan fingerprint density at radius 3 is 2.96 bits per heavy atom. The van der Waals surface area contributed by atoms with Gasteiger partial charge < -0.3 is 14.4 Å². The number of hydrogen-bond acceptors (Lipinski definition) is 5. The second-order valence-corrected chi connectivity index (χ2v) is 7.68. The van der Waals surface area contributed by atoms with Crippen molar-refractivity contribution in [1.29, 1.82) is 0 Å². The number of fused-ring (bicyclic) bond motifs is 1. The number of carbonyl (C=O) groups excluding carboxylic acids is 1. The van der Waals surface area contributed by atoms with E-state index in [4.69, 9.17) is 9.47 Å². The average molecular weight is 334 g/mol. The van der Waals surface area contributed by atoms with E-state index in [1.54, 1.807) is 4.90 Å². The zero-order chi connectivity index (χ0) is 16.4. The van der Waals surface area contributed by atoms with E-state index in [-0.39, 0.29) is 6.09 Å². The molecule has 0 saturated carbocycles. The average Bonchev–Trinajstić information content (AvgIpc) is 3.10. The Morgan fingerprint density at radius 2 is 2.17 bits per heavy atom. The van der Waals surface area contributed by atoms with Gasteiger partial charge in [-0.15, -0.1) is 0 Å². The topological polar surface area (TPSA) is 51.7 Å².